The van der Waals surface area contributed by atoms with Crippen molar-refractivity contribution in [3.63, 3.8) is 0 Å². The molecule has 0 aliphatic rings. The molecule has 0 saturated heterocycles. The molecule has 6 heteroatoms. The molecule has 21 heavy (non-hydrogen) atoms. The van der Waals surface area contributed by atoms with E-state index in [0.717, 1.165) is 17.7 Å². The molecule has 0 amide bonds. The Kier molecular flexibility index (Phi) is 5.13. The Hall–Kier alpha value is -1.24. The summed E-state index contributed by atoms with van der Waals surface area (Å²) in [4.78, 5) is 0.0313. The second-order valence-corrected chi connectivity index (χ2v) is 7.32. The van der Waals surface area contributed by atoms with Crippen LogP contribution in [0.3, 0.4) is 0 Å². The summed E-state index contributed by atoms with van der Waals surface area (Å²) < 4.78 is 40.5. The fourth-order valence-corrected chi connectivity index (χ4v) is 4.32. The van der Waals surface area contributed by atoms with E-state index in [0.29, 0.717) is 6.42 Å². The van der Waals surface area contributed by atoms with Crippen LogP contribution in [0.4, 0.5) is 4.39 Å². The van der Waals surface area contributed by atoms with Gasteiger partial charge in [0.05, 0.1) is 4.90 Å². The van der Waals surface area contributed by atoms with Crippen LogP contribution >= 0.6 is 15.9 Å². The van der Waals surface area contributed by atoms with E-state index < -0.39 is 15.8 Å². The average Bonchev–Trinajstić information content (AvgIpc) is 2.38. The van der Waals surface area contributed by atoms with E-state index in [1.165, 1.54) is 6.07 Å². The van der Waals surface area contributed by atoms with E-state index >= 15 is 0 Å². The SMILES string of the molecule is CC(Cc1ccccc1)NS(=O)(=O)c1ccc(F)cc1Br. The monoisotopic (exact) mass is 371 g/mol. The van der Waals surface area contributed by atoms with Gasteiger partial charge in [0, 0.05) is 10.5 Å². The summed E-state index contributed by atoms with van der Waals surface area (Å²) in [5, 5.41) is 0. The Morgan fingerprint density at radius 2 is 1.86 bits per heavy atom. The van der Waals surface area contributed by atoms with Crippen LogP contribution in [0.1, 0.15) is 12.5 Å². The molecule has 2 aromatic rings. The first kappa shape index (κ1) is 16.1. The lowest BCUT2D eigenvalue weighted by atomic mass is 10.1. The zero-order valence-corrected chi connectivity index (χ0v) is 13.8. The summed E-state index contributed by atoms with van der Waals surface area (Å²) in [6.07, 6.45) is 0.582. The first-order chi connectivity index (χ1) is 9.88. The number of hydrogen-bond donors (Lipinski definition) is 1. The molecular weight excluding hydrogens is 357 g/mol. The number of benzene rings is 2. The summed E-state index contributed by atoms with van der Waals surface area (Å²) in [5.74, 6) is -0.488. The maximum Gasteiger partial charge on any atom is 0.241 e. The van der Waals surface area contributed by atoms with Crippen molar-refractivity contribution in [2.75, 3.05) is 0 Å². The second kappa shape index (κ2) is 6.68. The first-order valence-corrected chi connectivity index (χ1v) is 8.67. The zero-order chi connectivity index (χ0) is 15.5. The summed E-state index contributed by atoms with van der Waals surface area (Å²) in [7, 11) is -3.69. The fraction of sp³-hybridized carbons (Fsp3) is 0.200. The third kappa shape index (κ3) is 4.36. The number of rotatable bonds is 5. The molecule has 0 aliphatic carbocycles. The second-order valence-electron chi connectivity index (χ2n) is 4.79. The van der Waals surface area contributed by atoms with Gasteiger partial charge in [0.15, 0.2) is 0 Å². The van der Waals surface area contributed by atoms with Gasteiger partial charge < -0.3 is 0 Å². The van der Waals surface area contributed by atoms with Crippen molar-refractivity contribution in [1.82, 2.24) is 4.72 Å². The number of halogens is 2. The Morgan fingerprint density at radius 3 is 2.48 bits per heavy atom. The predicted octanol–water partition coefficient (Wildman–Crippen LogP) is 3.50. The molecular formula is C15H15BrFNO2S. The highest BCUT2D eigenvalue weighted by molar-refractivity contribution is 9.10. The largest absolute Gasteiger partial charge is 0.241 e. The summed E-state index contributed by atoms with van der Waals surface area (Å²) in [6.45, 7) is 1.79. The molecule has 1 unspecified atom stereocenters. The lowest BCUT2D eigenvalue weighted by Crippen LogP contribution is -2.34. The molecule has 0 fully saturated rings. The highest BCUT2D eigenvalue weighted by Crippen LogP contribution is 2.23. The van der Waals surface area contributed by atoms with Gasteiger partial charge in [0.2, 0.25) is 10.0 Å². The van der Waals surface area contributed by atoms with Gasteiger partial charge in [-0.15, -0.1) is 0 Å². The minimum Gasteiger partial charge on any atom is -0.208 e. The summed E-state index contributed by atoms with van der Waals surface area (Å²) >= 11 is 3.08. The summed E-state index contributed by atoms with van der Waals surface area (Å²) in [5.41, 5.74) is 1.05. The van der Waals surface area contributed by atoms with Crippen molar-refractivity contribution in [3.8, 4) is 0 Å². The highest BCUT2D eigenvalue weighted by atomic mass is 79.9. The van der Waals surface area contributed by atoms with Crippen LogP contribution in [0.2, 0.25) is 0 Å². The van der Waals surface area contributed by atoms with E-state index in [2.05, 4.69) is 20.7 Å². The molecule has 3 nitrogen and oxygen atoms in total. The van der Waals surface area contributed by atoms with Crippen LogP contribution in [0.25, 0.3) is 0 Å². The lowest BCUT2D eigenvalue weighted by Gasteiger charge is -2.15. The van der Waals surface area contributed by atoms with Crippen LogP contribution in [0.5, 0.6) is 0 Å². The van der Waals surface area contributed by atoms with Gasteiger partial charge in [-0.1, -0.05) is 30.3 Å². The van der Waals surface area contributed by atoms with Crippen molar-refractivity contribution in [2.24, 2.45) is 0 Å². The van der Waals surface area contributed by atoms with Gasteiger partial charge >= 0.3 is 0 Å². The smallest absolute Gasteiger partial charge is 0.208 e. The zero-order valence-electron chi connectivity index (χ0n) is 11.4. The molecule has 2 aromatic carbocycles. The molecule has 0 aromatic heterocycles. The number of hydrogen-bond acceptors (Lipinski definition) is 2. The van der Waals surface area contributed by atoms with Crippen molar-refractivity contribution in [3.05, 3.63) is 64.4 Å². The summed E-state index contributed by atoms with van der Waals surface area (Å²) in [6, 6.07) is 12.9. The van der Waals surface area contributed by atoms with Crippen molar-refractivity contribution in [2.45, 2.75) is 24.3 Å². The molecule has 0 aliphatic heterocycles. The molecule has 1 N–H and O–H groups in total. The van der Waals surface area contributed by atoms with E-state index in [9.17, 15) is 12.8 Å². The van der Waals surface area contributed by atoms with Gasteiger partial charge in [0.25, 0.3) is 0 Å². The van der Waals surface area contributed by atoms with Crippen LogP contribution < -0.4 is 4.72 Å². The first-order valence-electron chi connectivity index (χ1n) is 6.40. The Balaban J connectivity index is 2.13. The molecule has 0 saturated carbocycles. The van der Waals surface area contributed by atoms with Crippen molar-refractivity contribution >= 4 is 26.0 Å². The third-order valence-corrected chi connectivity index (χ3v) is 5.49. The molecule has 1 atom stereocenters. The molecule has 0 heterocycles. The molecule has 2 rings (SSSR count). The van der Waals surface area contributed by atoms with Gasteiger partial charge in [-0.2, -0.15) is 0 Å². The van der Waals surface area contributed by atoms with Gasteiger partial charge in [-0.25, -0.2) is 17.5 Å². The molecule has 0 radical (unpaired) electrons. The quantitative estimate of drug-likeness (QED) is 0.873. The Morgan fingerprint density at radius 1 is 1.19 bits per heavy atom. The fourth-order valence-electron chi connectivity index (χ4n) is 2.03. The minimum atomic E-state index is -3.69. The highest BCUT2D eigenvalue weighted by Gasteiger charge is 2.20. The van der Waals surface area contributed by atoms with E-state index in [1.54, 1.807) is 6.92 Å². The Labute approximate surface area is 132 Å². The van der Waals surface area contributed by atoms with Crippen LogP contribution in [-0.2, 0) is 16.4 Å². The van der Waals surface area contributed by atoms with Crippen LogP contribution in [-0.4, -0.2) is 14.5 Å². The predicted molar refractivity (Wildman–Crippen MR) is 84.0 cm³/mol. The van der Waals surface area contributed by atoms with E-state index in [-0.39, 0.29) is 15.4 Å². The Bertz CT molecular complexity index is 720. The van der Waals surface area contributed by atoms with Gasteiger partial charge in [0.1, 0.15) is 5.82 Å². The normalized spacial score (nSPS) is 13.1. The van der Waals surface area contributed by atoms with Crippen molar-refractivity contribution < 1.29 is 12.8 Å². The molecule has 0 bridgehead atoms. The number of sulfonamides is 1. The molecule has 112 valence electrons. The lowest BCUT2D eigenvalue weighted by molar-refractivity contribution is 0.558. The molecule has 0 spiro atoms. The number of nitrogens with one attached hydrogen (secondary N) is 1. The third-order valence-electron chi connectivity index (χ3n) is 2.92. The topological polar surface area (TPSA) is 46.2 Å². The minimum absolute atomic E-state index is 0.0313. The van der Waals surface area contributed by atoms with Crippen LogP contribution in [0, 0.1) is 5.82 Å². The van der Waals surface area contributed by atoms with Gasteiger partial charge in [-0.05, 0) is 53.0 Å². The van der Waals surface area contributed by atoms with E-state index in [1.807, 2.05) is 30.3 Å². The van der Waals surface area contributed by atoms with Crippen molar-refractivity contribution in [1.29, 1.82) is 0 Å². The standard InChI is InChI=1S/C15H15BrFNO2S/c1-11(9-12-5-3-2-4-6-12)18-21(19,20)15-8-7-13(17)10-14(15)16/h2-8,10-11,18H,9H2,1H3. The van der Waals surface area contributed by atoms with Crippen LogP contribution in [0.15, 0.2) is 57.9 Å². The maximum atomic E-state index is 13.0. The van der Waals surface area contributed by atoms with E-state index in [4.69, 9.17) is 0 Å². The van der Waals surface area contributed by atoms with Gasteiger partial charge in [-0.3, -0.25) is 0 Å². The average molecular weight is 372 g/mol. The maximum absolute atomic E-state index is 13.0.